The number of carboxylic acids is 1. The van der Waals surface area contributed by atoms with Gasteiger partial charge in [-0.2, -0.15) is 0 Å². The highest BCUT2D eigenvalue weighted by Crippen LogP contribution is 2.19. The molecule has 0 aliphatic heterocycles. The summed E-state index contributed by atoms with van der Waals surface area (Å²) in [5.74, 6) is -0.881. The molecule has 3 N–H and O–H groups in total. The predicted octanol–water partition coefficient (Wildman–Crippen LogP) is 2.28. The monoisotopic (exact) mass is 221 g/mol. The van der Waals surface area contributed by atoms with Gasteiger partial charge in [0.05, 0.1) is 5.56 Å². The molecular weight excluding hydrogens is 202 g/mol. The van der Waals surface area contributed by atoms with Gasteiger partial charge in [-0.1, -0.05) is 6.07 Å². The Morgan fingerprint density at radius 3 is 2.31 bits per heavy atom. The maximum atomic E-state index is 11.0. The number of hydrogen-bond donors (Lipinski definition) is 2. The van der Waals surface area contributed by atoms with Gasteiger partial charge < -0.3 is 10.8 Å². The van der Waals surface area contributed by atoms with Crippen molar-refractivity contribution in [3.63, 3.8) is 0 Å². The van der Waals surface area contributed by atoms with E-state index in [1.54, 1.807) is 6.07 Å². The van der Waals surface area contributed by atoms with E-state index in [1.807, 2.05) is 33.8 Å². The van der Waals surface area contributed by atoms with Crippen LogP contribution >= 0.6 is 0 Å². The molecule has 0 saturated heterocycles. The summed E-state index contributed by atoms with van der Waals surface area (Å²) in [6, 6.07) is 3.64. The Morgan fingerprint density at radius 2 is 1.88 bits per heavy atom. The van der Waals surface area contributed by atoms with E-state index in [1.165, 1.54) is 0 Å². The minimum atomic E-state index is -0.881. The molecule has 0 amide bonds. The standard InChI is InChI=1S/C13H19NO2/c1-8-5-9(2)11(12(15)16)6-10(8)7-13(3,4)14/h5-6H,7,14H2,1-4H3,(H,15,16). The maximum absolute atomic E-state index is 11.0. The number of carbonyl (C=O) groups is 1. The summed E-state index contributed by atoms with van der Waals surface area (Å²) in [6.07, 6.45) is 0.680. The predicted molar refractivity (Wildman–Crippen MR) is 64.8 cm³/mol. The molecule has 0 aromatic heterocycles. The van der Waals surface area contributed by atoms with Crippen LogP contribution in [0.4, 0.5) is 0 Å². The van der Waals surface area contributed by atoms with Crippen molar-refractivity contribution in [1.82, 2.24) is 0 Å². The number of aromatic carboxylic acids is 1. The molecule has 0 atom stereocenters. The second-order valence-corrected chi connectivity index (χ2v) is 5.06. The van der Waals surface area contributed by atoms with E-state index in [0.29, 0.717) is 12.0 Å². The zero-order valence-corrected chi connectivity index (χ0v) is 10.3. The van der Waals surface area contributed by atoms with Crippen LogP contribution in [0.5, 0.6) is 0 Å². The lowest BCUT2D eigenvalue weighted by Gasteiger charge is -2.20. The normalized spacial score (nSPS) is 11.6. The number of hydrogen-bond acceptors (Lipinski definition) is 2. The lowest BCUT2D eigenvalue weighted by molar-refractivity contribution is 0.0696. The topological polar surface area (TPSA) is 63.3 Å². The van der Waals surface area contributed by atoms with Gasteiger partial charge in [-0.3, -0.25) is 0 Å². The zero-order valence-electron chi connectivity index (χ0n) is 10.3. The number of nitrogens with two attached hydrogens (primary N) is 1. The minimum absolute atomic E-state index is 0.324. The van der Waals surface area contributed by atoms with Gasteiger partial charge >= 0.3 is 5.97 Å². The van der Waals surface area contributed by atoms with Crippen molar-refractivity contribution in [3.05, 3.63) is 34.4 Å². The first-order chi connectivity index (χ1) is 7.20. The Morgan fingerprint density at radius 1 is 1.31 bits per heavy atom. The molecule has 0 radical (unpaired) electrons. The zero-order chi connectivity index (χ0) is 12.5. The molecule has 88 valence electrons. The molecular formula is C13H19NO2. The van der Waals surface area contributed by atoms with E-state index < -0.39 is 5.97 Å². The average molecular weight is 221 g/mol. The van der Waals surface area contributed by atoms with Crippen LogP contribution in [0.1, 0.15) is 40.9 Å². The summed E-state index contributed by atoms with van der Waals surface area (Å²) < 4.78 is 0. The smallest absolute Gasteiger partial charge is 0.335 e. The molecule has 1 rings (SSSR count). The first kappa shape index (κ1) is 12.7. The Balaban J connectivity index is 3.20. The lowest BCUT2D eigenvalue weighted by Crippen LogP contribution is -2.34. The quantitative estimate of drug-likeness (QED) is 0.823. The highest BCUT2D eigenvalue weighted by molar-refractivity contribution is 5.89. The van der Waals surface area contributed by atoms with Crippen LogP contribution < -0.4 is 5.73 Å². The molecule has 0 bridgehead atoms. The van der Waals surface area contributed by atoms with Gasteiger partial charge in [0.15, 0.2) is 0 Å². The highest BCUT2D eigenvalue weighted by atomic mass is 16.4. The summed E-state index contributed by atoms with van der Waals surface area (Å²) in [7, 11) is 0. The van der Waals surface area contributed by atoms with Crippen molar-refractivity contribution >= 4 is 5.97 Å². The Hall–Kier alpha value is -1.35. The fourth-order valence-corrected chi connectivity index (χ4v) is 1.81. The van der Waals surface area contributed by atoms with Crippen molar-refractivity contribution in [2.45, 2.75) is 39.7 Å². The van der Waals surface area contributed by atoms with Gasteiger partial charge in [-0.15, -0.1) is 0 Å². The van der Waals surface area contributed by atoms with E-state index in [-0.39, 0.29) is 5.54 Å². The Kier molecular flexibility index (Phi) is 3.38. The first-order valence-corrected chi connectivity index (χ1v) is 5.33. The van der Waals surface area contributed by atoms with Crippen molar-refractivity contribution in [3.8, 4) is 0 Å². The summed E-state index contributed by atoms with van der Waals surface area (Å²) in [5.41, 5.74) is 8.90. The molecule has 3 nitrogen and oxygen atoms in total. The van der Waals surface area contributed by atoms with Crippen LogP contribution in [0.3, 0.4) is 0 Å². The number of benzene rings is 1. The molecule has 0 heterocycles. The highest BCUT2D eigenvalue weighted by Gasteiger charge is 2.16. The van der Waals surface area contributed by atoms with Gasteiger partial charge in [0.2, 0.25) is 0 Å². The van der Waals surface area contributed by atoms with Crippen LogP contribution in [0, 0.1) is 13.8 Å². The van der Waals surface area contributed by atoms with E-state index in [9.17, 15) is 4.79 Å². The molecule has 0 saturated carbocycles. The van der Waals surface area contributed by atoms with Crippen LogP contribution in [0.15, 0.2) is 12.1 Å². The van der Waals surface area contributed by atoms with Gasteiger partial charge in [-0.05, 0) is 56.9 Å². The summed E-state index contributed by atoms with van der Waals surface area (Å²) in [5, 5.41) is 9.05. The second-order valence-electron chi connectivity index (χ2n) is 5.06. The first-order valence-electron chi connectivity index (χ1n) is 5.33. The fraction of sp³-hybridized carbons (Fsp3) is 0.462. The Labute approximate surface area is 96.3 Å². The van der Waals surface area contributed by atoms with Crippen molar-refractivity contribution in [1.29, 1.82) is 0 Å². The van der Waals surface area contributed by atoms with Crippen LogP contribution in [0.25, 0.3) is 0 Å². The SMILES string of the molecule is Cc1cc(C)c(C(=O)O)cc1CC(C)(C)N. The van der Waals surface area contributed by atoms with Crippen molar-refractivity contribution in [2.75, 3.05) is 0 Å². The van der Waals surface area contributed by atoms with E-state index in [2.05, 4.69) is 0 Å². The third kappa shape index (κ3) is 3.07. The third-order valence-electron chi connectivity index (χ3n) is 2.56. The average Bonchev–Trinajstić information content (AvgIpc) is 2.07. The lowest BCUT2D eigenvalue weighted by atomic mass is 9.90. The molecule has 1 aromatic carbocycles. The largest absolute Gasteiger partial charge is 0.478 e. The van der Waals surface area contributed by atoms with Gasteiger partial charge in [0, 0.05) is 5.54 Å². The number of carboxylic acid groups (broad SMARTS) is 1. The van der Waals surface area contributed by atoms with Gasteiger partial charge in [-0.25, -0.2) is 4.79 Å². The molecule has 0 fully saturated rings. The summed E-state index contributed by atoms with van der Waals surface area (Å²) >= 11 is 0. The molecule has 0 spiro atoms. The molecule has 0 aliphatic carbocycles. The molecule has 1 aromatic rings. The minimum Gasteiger partial charge on any atom is -0.478 e. The fourth-order valence-electron chi connectivity index (χ4n) is 1.81. The van der Waals surface area contributed by atoms with Crippen LogP contribution in [-0.4, -0.2) is 16.6 Å². The van der Waals surface area contributed by atoms with Crippen molar-refractivity contribution < 1.29 is 9.90 Å². The maximum Gasteiger partial charge on any atom is 0.335 e. The third-order valence-corrected chi connectivity index (χ3v) is 2.56. The second kappa shape index (κ2) is 4.26. The summed E-state index contributed by atoms with van der Waals surface area (Å²) in [4.78, 5) is 11.0. The van der Waals surface area contributed by atoms with Crippen molar-refractivity contribution in [2.24, 2.45) is 5.73 Å². The van der Waals surface area contributed by atoms with Gasteiger partial charge in [0.1, 0.15) is 0 Å². The van der Waals surface area contributed by atoms with E-state index in [4.69, 9.17) is 10.8 Å². The van der Waals surface area contributed by atoms with Crippen LogP contribution in [0.2, 0.25) is 0 Å². The van der Waals surface area contributed by atoms with E-state index in [0.717, 1.165) is 16.7 Å². The van der Waals surface area contributed by atoms with Gasteiger partial charge in [0.25, 0.3) is 0 Å². The Bertz CT molecular complexity index is 417. The molecule has 16 heavy (non-hydrogen) atoms. The molecule has 3 heteroatoms. The summed E-state index contributed by atoms with van der Waals surface area (Å²) in [6.45, 7) is 7.67. The van der Waals surface area contributed by atoms with E-state index >= 15 is 0 Å². The van der Waals surface area contributed by atoms with Crippen LogP contribution in [-0.2, 0) is 6.42 Å². The molecule has 0 aliphatic rings. The molecule has 0 unspecified atom stereocenters. The number of aryl methyl sites for hydroxylation is 2. The number of rotatable bonds is 3.